The third-order valence-corrected chi connectivity index (χ3v) is 3.55. The van der Waals surface area contributed by atoms with E-state index < -0.39 is 0 Å². The van der Waals surface area contributed by atoms with Crippen LogP contribution in [0.25, 0.3) is 0 Å². The van der Waals surface area contributed by atoms with Crippen LogP contribution in [0, 0.1) is 32.1 Å². The Bertz CT molecular complexity index is 636. The van der Waals surface area contributed by atoms with Gasteiger partial charge in [-0.1, -0.05) is 24.3 Å². The molecule has 2 aromatic rings. The van der Waals surface area contributed by atoms with E-state index in [2.05, 4.69) is 43.4 Å². The molecule has 1 N–H and O–H groups in total. The van der Waals surface area contributed by atoms with E-state index in [9.17, 15) is 0 Å². The highest BCUT2D eigenvalue weighted by Gasteiger charge is 2.03. The van der Waals surface area contributed by atoms with Crippen LogP contribution in [0.5, 0.6) is 0 Å². The fourth-order valence-electron chi connectivity index (χ4n) is 2.08. The van der Waals surface area contributed by atoms with Crippen LogP contribution in [-0.2, 0) is 6.54 Å². The summed E-state index contributed by atoms with van der Waals surface area (Å²) in [4.78, 5) is 0. The number of nitriles is 1. The van der Waals surface area contributed by atoms with Crippen molar-refractivity contribution in [1.82, 2.24) is 0 Å². The summed E-state index contributed by atoms with van der Waals surface area (Å²) in [6.07, 6.45) is 0. The molecular formula is C17H18N2. The Balaban J connectivity index is 2.19. The molecule has 0 fully saturated rings. The molecule has 0 unspecified atom stereocenters. The highest BCUT2D eigenvalue weighted by Crippen LogP contribution is 2.19. The Morgan fingerprint density at radius 2 is 1.84 bits per heavy atom. The molecule has 0 spiro atoms. The zero-order chi connectivity index (χ0) is 13.8. The van der Waals surface area contributed by atoms with Crippen LogP contribution in [0.1, 0.15) is 27.8 Å². The predicted molar refractivity (Wildman–Crippen MR) is 79.1 cm³/mol. The molecule has 2 rings (SSSR count). The maximum atomic E-state index is 8.94. The van der Waals surface area contributed by atoms with E-state index in [4.69, 9.17) is 5.26 Å². The van der Waals surface area contributed by atoms with Crippen molar-refractivity contribution in [2.75, 3.05) is 5.32 Å². The fourth-order valence-corrected chi connectivity index (χ4v) is 2.08. The van der Waals surface area contributed by atoms with E-state index in [1.54, 1.807) is 0 Å². The lowest BCUT2D eigenvalue weighted by molar-refractivity contribution is 1.10. The molecule has 96 valence electrons. The first-order valence-corrected chi connectivity index (χ1v) is 6.41. The van der Waals surface area contributed by atoms with Crippen LogP contribution in [0.3, 0.4) is 0 Å². The number of benzene rings is 2. The topological polar surface area (TPSA) is 35.8 Å². The SMILES string of the molecule is Cc1ccc(C#N)cc1NCc1cccc(C)c1C. The second kappa shape index (κ2) is 5.58. The number of hydrogen-bond acceptors (Lipinski definition) is 2. The van der Waals surface area contributed by atoms with Gasteiger partial charge in [-0.2, -0.15) is 5.26 Å². The Kier molecular flexibility index (Phi) is 3.87. The molecule has 0 amide bonds. The van der Waals surface area contributed by atoms with Gasteiger partial charge in [0.1, 0.15) is 0 Å². The van der Waals surface area contributed by atoms with Crippen molar-refractivity contribution in [3.05, 3.63) is 64.2 Å². The molecule has 19 heavy (non-hydrogen) atoms. The predicted octanol–water partition coefficient (Wildman–Crippen LogP) is 4.10. The van der Waals surface area contributed by atoms with Crippen LogP contribution in [0.2, 0.25) is 0 Å². The van der Waals surface area contributed by atoms with Crippen molar-refractivity contribution >= 4 is 5.69 Å². The Morgan fingerprint density at radius 1 is 1.05 bits per heavy atom. The molecule has 0 aliphatic heterocycles. The summed E-state index contributed by atoms with van der Waals surface area (Å²) in [5.74, 6) is 0. The summed E-state index contributed by atoms with van der Waals surface area (Å²) in [5, 5.41) is 12.4. The highest BCUT2D eigenvalue weighted by molar-refractivity contribution is 5.55. The van der Waals surface area contributed by atoms with E-state index in [1.165, 1.54) is 16.7 Å². The molecule has 2 heteroatoms. The van der Waals surface area contributed by atoms with Gasteiger partial charge in [0.15, 0.2) is 0 Å². The zero-order valence-corrected chi connectivity index (χ0v) is 11.6. The summed E-state index contributed by atoms with van der Waals surface area (Å²) < 4.78 is 0. The number of anilines is 1. The van der Waals surface area contributed by atoms with Crippen molar-refractivity contribution in [3.63, 3.8) is 0 Å². The lowest BCUT2D eigenvalue weighted by Crippen LogP contribution is -2.03. The molecule has 0 aliphatic rings. The van der Waals surface area contributed by atoms with Crippen LogP contribution < -0.4 is 5.32 Å². The first-order chi connectivity index (χ1) is 9.11. The number of hydrogen-bond donors (Lipinski definition) is 1. The Hall–Kier alpha value is -2.27. The van der Waals surface area contributed by atoms with Crippen molar-refractivity contribution in [2.45, 2.75) is 27.3 Å². The first kappa shape index (κ1) is 13.2. The number of nitrogens with one attached hydrogen (secondary N) is 1. The molecule has 0 atom stereocenters. The van der Waals surface area contributed by atoms with Crippen LogP contribution in [0.4, 0.5) is 5.69 Å². The first-order valence-electron chi connectivity index (χ1n) is 6.41. The lowest BCUT2D eigenvalue weighted by atomic mass is 10.0. The summed E-state index contributed by atoms with van der Waals surface area (Å²) in [6.45, 7) is 7.10. The minimum absolute atomic E-state index is 0.689. The molecule has 0 saturated heterocycles. The third-order valence-electron chi connectivity index (χ3n) is 3.55. The molecule has 2 nitrogen and oxygen atoms in total. The number of rotatable bonds is 3. The monoisotopic (exact) mass is 250 g/mol. The lowest BCUT2D eigenvalue weighted by Gasteiger charge is -2.13. The maximum absolute atomic E-state index is 8.94. The van der Waals surface area contributed by atoms with Crippen LogP contribution in [-0.4, -0.2) is 0 Å². The van der Waals surface area contributed by atoms with Crippen LogP contribution >= 0.6 is 0 Å². The largest absolute Gasteiger partial charge is 0.381 e. The number of aryl methyl sites for hydroxylation is 2. The average molecular weight is 250 g/mol. The average Bonchev–Trinajstić information content (AvgIpc) is 2.42. The minimum Gasteiger partial charge on any atom is -0.381 e. The maximum Gasteiger partial charge on any atom is 0.0992 e. The molecule has 0 aliphatic carbocycles. The second-order valence-corrected chi connectivity index (χ2v) is 4.85. The zero-order valence-electron chi connectivity index (χ0n) is 11.6. The van der Waals surface area contributed by atoms with E-state index in [0.717, 1.165) is 17.8 Å². The van der Waals surface area contributed by atoms with Gasteiger partial charge in [0, 0.05) is 12.2 Å². The number of nitrogens with zero attached hydrogens (tertiary/aromatic N) is 1. The van der Waals surface area contributed by atoms with Crippen molar-refractivity contribution in [3.8, 4) is 6.07 Å². The van der Waals surface area contributed by atoms with Gasteiger partial charge in [-0.3, -0.25) is 0 Å². The summed E-state index contributed by atoms with van der Waals surface area (Å²) in [7, 11) is 0. The normalized spacial score (nSPS) is 10.0. The summed E-state index contributed by atoms with van der Waals surface area (Å²) in [5.41, 5.74) is 6.80. The molecular weight excluding hydrogens is 232 g/mol. The standard InChI is InChI=1S/C17H18N2/c1-12-5-4-6-16(14(12)3)11-19-17-9-15(10-18)8-7-13(17)2/h4-9,19H,11H2,1-3H3. The van der Waals surface area contributed by atoms with Crippen LogP contribution in [0.15, 0.2) is 36.4 Å². The summed E-state index contributed by atoms with van der Waals surface area (Å²) >= 11 is 0. The minimum atomic E-state index is 0.689. The van der Waals surface area contributed by atoms with Gasteiger partial charge < -0.3 is 5.32 Å². The highest BCUT2D eigenvalue weighted by atomic mass is 14.9. The summed E-state index contributed by atoms with van der Waals surface area (Å²) in [6, 6.07) is 14.2. The quantitative estimate of drug-likeness (QED) is 0.890. The van der Waals surface area contributed by atoms with Gasteiger partial charge in [-0.25, -0.2) is 0 Å². The van der Waals surface area contributed by atoms with Gasteiger partial charge in [0.25, 0.3) is 0 Å². The third kappa shape index (κ3) is 2.95. The van der Waals surface area contributed by atoms with Gasteiger partial charge in [0.05, 0.1) is 11.6 Å². The second-order valence-electron chi connectivity index (χ2n) is 4.85. The van der Waals surface area contributed by atoms with E-state index >= 15 is 0 Å². The molecule has 0 heterocycles. The molecule has 0 saturated carbocycles. The van der Waals surface area contributed by atoms with Gasteiger partial charge >= 0.3 is 0 Å². The molecule has 2 aromatic carbocycles. The van der Waals surface area contributed by atoms with Gasteiger partial charge in [0.2, 0.25) is 0 Å². The molecule has 0 bridgehead atoms. The molecule has 0 radical (unpaired) electrons. The Morgan fingerprint density at radius 3 is 2.58 bits per heavy atom. The van der Waals surface area contributed by atoms with Crippen molar-refractivity contribution < 1.29 is 0 Å². The van der Waals surface area contributed by atoms with Gasteiger partial charge in [-0.15, -0.1) is 0 Å². The van der Waals surface area contributed by atoms with Gasteiger partial charge in [-0.05, 0) is 55.2 Å². The van der Waals surface area contributed by atoms with Crippen molar-refractivity contribution in [1.29, 1.82) is 5.26 Å². The molecule has 0 aromatic heterocycles. The Labute approximate surface area is 114 Å². The smallest absolute Gasteiger partial charge is 0.0992 e. The van der Waals surface area contributed by atoms with E-state index in [1.807, 2.05) is 25.1 Å². The fraction of sp³-hybridized carbons (Fsp3) is 0.235. The van der Waals surface area contributed by atoms with Crippen molar-refractivity contribution in [2.24, 2.45) is 0 Å². The van der Waals surface area contributed by atoms with E-state index in [-0.39, 0.29) is 0 Å². The van der Waals surface area contributed by atoms with E-state index in [0.29, 0.717) is 5.56 Å².